The second-order valence-corrected chi connectivity index (χ2v) is 8.28. The van der Waals surface area contributed by atoms with Gasteiger partial charge < -0.3 is 15.5 Å². The summed E-state index contributed by atoms with van der Waals surface area (Å²) < 4.78 is 0. The Bertz CT molecular complexity index is 692. The SMILES string of the molecule is Cc1cc(NC(=S)NC2(C3CC3)CCCC2)ccc1N1CCCC1=O. The fourth-order valence-electron chi connectivity index (χ4n) is 4.60. The Morgan fingerprint density at radius 2 is 2.00 bits per heavy atom. The van der Waals surface area contributed by atoms with Gasteiger partial charge in [-0.1, -0.05) is 12.8 Å². The Morgan fingerprint density at radius 3 is 2.60 bits per heavy atom. The van der Waals surface area contributed by atoms with Crippen LogP contribution < -0.4 is 15.5 Å². The average Bonchev–Trinajstić information content (AvgIpc) is 3.20. The third kappa shape index (κ3) is 3.39. The number of nitrogens with one attached hydrogen (secondary N) is 2. The second kappa shape index (κ2) is 6.60. The molecular formula is C20H27N3OS. The standard InChI is InChI=1S/C20H27N3OS/c1-14-13-16(8-9-17(14)23-12-4-5-18(23)24)21-19(25)22-20(15-6-7-15)10-2-3-11-20/h8-9,13,15H,2-7,10-12H2,1H3,(H2,21,22,25). The van der Waals surface area contributed by atoms with Crippen molar-refractivity contribution in [1.82, 2.24) is 5.32 Å². The fourth-order valence-corrected chi connectivity index (χ4v) is 4.93. The summed E-state index contributed by atoms with van der Waals surface area (Å²) >= 11 is 5.61. The van der Waals surface area contributed by atoms with E-state index in [1.165, 1.54) is 38.5 Å². The zero-order valence-electron chi connectivity index (χ0n) is 14.9. The lowest BCUT2D eigenvalue weighted by Gasteiger charge is -2.32. The molecule has 1 saturated heterocycles. The predicted octanol–water partition coefficient (Wildman–Crippen LogP) is 4.13. The lowest BCUT2D eigenvalue weighted by molar-refractivity contribution is -0.117. The normalized spacial score (nSPS) is 22.3. The third-order valence-corrected chi connectivity index (χ3v) is 6.24. The van der Waals surface area contributed by atoms with Crippen molar-refractivity contribution in [3.05, 3.63) is 23.8 Å². The summed E-state index contributed by atoms with van der Waals surface area (Å²) in [5.41, 5.74) is 3.37. The molecule has 1 amide bonds. The monoisotopic (exact) mass is 357 g/mol. The number of aryl methyl sites for hydroxylation is 1. The van der Waals surface area contributed by atoms with Gasteiger partial charge in [-0.25, -0.2) is 0 Å². The highest BCUT2D eigenvalue weighted by molar-refractivity contribution is 7.80. The Balaban J connectivity index is 1.43. The topological polar surface area (TPSA) is 44.4 Å². The Hall–Kier alpha value is -1.62. The van der Waals surface area contributed by atoms with Crippen LogP contribution in [-0.2, 0) is 4.79 Å². The van der Waals surface area contributed by atoms with Crippen LogP contribution in [0, 0.1) is 12.8 Å². The first kappa shape index (κ1) is 16.8. The van der Waals surface area contributed by atoms with E-state index in [4.69, 9.17) is 12.2 Å². The first-order valence-electron chi connectivity index (χ1n) is 9.58. The molecule has 0 bridgehead atoms. The molecule has 4 rings (SSSR count). The van der Waals surface area contributed by atoms with Gasteiger partial charge in [-0.2, -0.15) is 0 Å². The van der Waals surface area contributed by atoms with Gasteiger partial charge in [0.15, 0.2) is 5.11 Å². The van der Waals surface area contributed by atoms with Crippen LogP contribution in [0.5, 0.6) is 0 Å². The smallest absolute Gasteiger partial charge is 0.227 e. The summed E-state index contributed by atoms with van der Waals surface area (Å²) in [6.45, 7) is 2.89. The molecule has 1 aromatic rings. The molecule has 134 valence electrons. The molecule has 0 aromatic heterocycles. The van der Waals surface area contributed by atoms with Gasteiger partial charge in [-0.05, 0) is 80.9 Å². The maximum Gasteiger partial charge on any atom is 0.227 e. The summed E-state index contributed by atoms with van der Waals surface area (Å²) in [5.74, 6) is 1.04. The molecule has 3 aliphatic rings. The zero-order valence-corrected chi connectivity index (χ0v) is 15.8. The van der Waals surface area contributed by atoms with Crippen molar-refractivity contribution in [3.63, 3.8) is 0 Å². The number of amides is 1. The highest BCUT2D eigenvalue weighted by Gasteiger charge is 2.47. The summed E-state index contributed by atoms with van der Waals surface area (Å²) in [7, 11) is 0. The minimum Gasteiger partial charge on any atom is -0.357 e. The number of hydrogen-bond acceptors (Lipinski definition) is 2. The number of nitrogens with zero attached hydrogens (tertiary/aromatic N) is 1. The zero-order chi connectivity index (χ0) is 17.4. The van der Waals surface area contributed by atoms with Gasteiger partial charge in [-0.3, -0.25) is 4.79 Å². The average molecular weight is 358 g/mol. The van der Waals surface area contributed by atoms with E-state index in [9.17, 15) is 4.79 Å². The number of rotatable bonds is 4. The maximum absolute atomic E-state index is 12.0. The minimum absolute atomic E-state index is 0.230. The van der Waals surface area contributed by atoms with Crippen molar-refractivity contribution in [2.75, 3.05) is 16.8 Å². The molecule has 2 saturated carbocycles. The number of carbonyl (C=O) groups is 1. The molecule has 25 heavy (non-hydrogen) atoms. The predicted molar refractivity (Wildman–Crippen MR) is 106 cm³/mol. The van der Waals surface area contributed by atoms with Crippen LogP contribution in [-0.4, -0.2) is 23.1 Å². The van der Waals surface area contributed by atoms with E-state index < -0.39 is 0 Å². The van der Waals surface area contributed by atoms with E-state index in [0.717, 1.165) is 40.9 Å². The van der Waals surface area contributed by atoms with Gasteiger partial charge in [0.25, 0.3) is 0 Å². The quantitative estimate of drug-likeness (QED) is 0.795. The summed E-state index contributed by atoms with van der Waals surface area (Å²) in [6, 6.07) is 6.16. The van der Waals surface area contributed by atoms with E-state index in [0.29, 0.717) is 6.42 Å². The molecule has 3 fully saturated rings. The van der Waals surface area contributed by atoms with Crippen LogP contribution in [0.1, 0.15) is 56.9 Å². The highest BCUT2D eigenvalue weighted by atomic mass is 32.1. The molecule has 1 heterocycles. The minimum atomic E-state index is 0.230. The molecule has 2 aliphatic carbocycles. The van der Waals surface area contributed by atoms with Crippen molar-refractivity contribution < 1.29 is 4.79 Å². The number of hydrogen-bond donors (Lipinski definition) is 2. The van der Waals surface area contributed by atoms with Crippen molar-refractivity contribution in [2.24, 2.45) is 5.92 Å². The molecule has 1 aliphatic heterocycles. The number of benzene rings is 1. The molecular weight excluding hydrogens is 330 g/mol. The first-order valence-corrected chi connectivity index (χ1v) is 9.98. The number of thiocarbonyl (C=S) groups is 1. The Labute approximate surface area is 155 Å². The van der Waals surface area contributed by atoms with E-state index in [1.807, 2.05) is 17.0 Å². The van der Waals surface area contributed by atoms with E-state index in [2.05, 4.69) is 23.6 Å². The lowest BCUT2D eigenvalue weighted by atomic mass is 9.91. The van der Waals surface area contributed by atoms with Crippen LogP contribution in [0.2, 0.25) is 0 Å². The van der Waals surface area contributed by atoms with Gasteiger partial charge in [0.2, 0.25) is 5.91 Å². The second-order valence-electron chi connectivity index (χ2n) is 7.87. The summed E-state index contributed by atoms with van der Waals surface area (Å²) in [5, 5.41) is 7.75. The number of carbonyl (C=O) groups excluding carboxylic acids is 1. The molecule has 0 radical (unpaired) electrons. The van der Waals surface area contributed by atoms with Crippen molar-refractivity contribution in [3.8, 4) is 0 Å². The van der Waals surface area contributed by atoms with E-state index >= 15 is 0 Å². The van der Waals surface area contributed by atoms with Gasteiger partial charge >= 0.3 is 0 Å². The Kier molecular flexibility index (Phi) is 4.44. The van der Waals surface area contributed by atoms with Crippen LogP contribution in [0.3, 0.4) is 0 Å². The number of anilines is 2. The van der Waals surface area contributed by atoms with Crippen LogP contribution in [0.15, 0.2) is 18.2 Å². The molecule has 0 unspecified atom stereocenters. The summed E-state index contributed by atoms with van der Waals surface area (Å²) in [4.78, 5) is 13.9. The Morgan fingerprint density at radius 1 is 1.24 bits per heavy atom. The van der Waals surface area contributed by atoms with Gasteiger partial charge in [-0.15, -0.1) is 0 Å². The van der Waals surface area contributed by atoms with E-state index in [-0.39, 0.29) is 11.4 Å². The van der Waals surface area contributed by atoms with Gasteiger partial charge in [0, 0.05) is 29.9 Å². The summed E-state index contributed by atoms with van der Waals surface area (Å²) in [6.07, 6.45) is 9.41. The van der Waals surface area contributed by atoms with Crippen molar-refractivity contribution in [2.45, 2.75) is 63.8 Å². The van der Waals surface area contributed by atoms with E-state index in [1.54, 1.807) is 0 Å². The first-order chi connectivity index (χ1) is 12.1. The molecule has 2 N–H and O–H groups in total. The largest absolute Gasteiger partial charge is 0.357 e. The maximum atomic E-state index is 12.0. The van der Waals surface area contributed by atoms with Crippen LogP contribution in [0.4, 0.5) is 11.4 Å². The third-order valence-electron chi connectivity index (χ3n) is 6.04. The molecule has 0 spiro atoms. The van der Waals surface area contributed by atoms with Gasteiger partial charge in [0.05, 0.1) is 0 Å². The fraction of sp³-hybridized carbons (Fsp3) is 0.600. The molecule has 4 nitrogen and oxygen atoms in total. The molecule has 5 heteroatoms. The molecule has 0 atom stereocenters. The van der Waals surface area contributed by atoms with Crippen molar-refractivity contribution in [1.29, 1.82) is 0 Å². The lowest BCUT2D eigenvalue weighted by Crippen LogP contribution is -2.49. The van der Waals surface area contributed by atoms with Crippen LogP contribution >= 0.6 is 12.2 Å². The van der Waals surface area contributed by atoms with Crippen LogP contribution in [0.25, 0.3) is 0 Å². The van der Waals surface area contributed by atoms with Crippen molar-refractivity contribution >= 4 is 34.6 Å². The van der Waals surface area contributed by atoms with Gasteiger partial charge in [0.1, 0.15) is 0 Å². The molecule has 1 aromatic carbocycles. The highest BCUT2D eigenvalue weighted by Crippen LogP contribution is 2.48.